The molecular weight excluding hydrogens is 360 g/mol. The number of hydrogen-bond acceptors (Lipinski definition) is 5. The van der Waals surface area contributed by atoms with Crippen LogP contribution < -0.4 is 0 Å². The van der Waals surface area contributed by atoms with Crippen LogP contribution in [0.5, 0.6) is 0 Å². The van der Waals surface area contributed by atoms with E-state index in [1.54, 1.807) is 43.1 Å². The van der Waals surface area contributed by atoms with Gasteiger partial charge in [-0.05, 0) is 24.3 Å². The summed E-state index contributed by atoms with van der Waals surface area (Å²) >= 11 is 6.37. The summed E-state index contributed by atoms with van der Waals surface area (Å²) in [5, 5.41) is 12.5. The molecule has 0 saturated heterocycles. The van der Waals surface area contributed by atoms with Crippen LogP contribution in [0.2, 0.25) is 5.02 Å². The van der Waals surface area contributed by atoms with E-state index in [9.17, 15) is 5.11 Å². The van der Waals surface area contributed by atoms with Gasteiger partial charge in [-0.2, -0.15) is 0 Å². The van der Waals surface area contributed by atoms with Gasteiger partial charge in [0.05, 0.1) is 22.1 Å². The number of fused-ring (bicyclic) bond motifs is 3. The number of aliphatic hydroxyl groups is 1. The highest BCUT2D eigenvalue weighted by Crippen LogP contribution is 2.50. The van der Waals surface area contributed by atoms with Crippen LogP contribution in [0.1, 0.15) is 16.7 Å². The zero-order valence-electron chi connectivity index (χ0n) is 14.0. The summed E-state index contributed by atoms with van der Waals surface area (Å²) in [6.07, 6.45) is 8.31. The lowest BCUT2D eigenvalue weighted by atomic mass is 9.83. The minimum absolute atomic E-state index is 0.469. The van der Waals surface area contributed by atoms with E-state index in [0.717, 1.165) is 0 Å². The van der Waals surface area contributed by atoms with Gasteiger partial charge in [0.25, 0.3) is 0 Å². The molecular formula is C21H13ClN4O. The Morgan fingerprint density at radius 1 is 0.704 bits per heavy atom. The van der Waals surface area contributed by atoms with Gasteiger partial charge in [-0.15, -0.1) is 0 Å². The van der Waals surface area contributed by atoms with Crippen molar-refractivity contribution in [2.75, 3.05) is 0 Å². The van der Waals surface area contributed by atoms with Crippen LogP contribution >= 0.6 is 11.6 Å². The normalized spacial score (nSPS) is 13.9. The second-order valence-electron chi connectivity index (χ2n) is 6.26. The van der Waals surface area contributed by atoms with E-state index in [4.69, 9.17) is 11.6 Å². The monoisotopic (exact) mass is 372 g/mol. The van der Waals surface area contributed by atoms with Crippen LogP contribution in [0.4, 0.5) is 0 Å². The molecule has 1 N–H and O–H groups in total. The molecule has 0 fully saturated rings. The van der Waals surface area contributed by atoms with E-state index in [1.807, 2.05) is 30.3 Å². The lowest BCUT2D eigenvalue weighted by Gasteiger charge is -2.27. The molecule has 1 aliphatic carbocycles. The molecule has 0 saturated carbocycles. The number of pyridine rings is 4. The maximum Gasteiger partial charge on any atom is 0.146 e. The van der Waals surface area contributed by atoms with Crippen LogP contribution in [-0.4, -0.2) is 25.0 Å². The van der Waals surface area contributed by atoms with Crippen LogP contribution in [0.15, 0.2) is 73.4 Å². The van der Waals surface area contributed by atoms with Crippen molar-refractivity contribution in [2.45, 2.75) is 5.60 Å². The van der Waals surface area contributed by atoms with Crippen molar-refractivity contribution >= 4 is 11.6 Å². The minimum Gasteiger partial charge on any atom is -0.376 e. The smallest absolute Gasteiger partial charge is 0.146 e. The first-order chi connectivity index (χ1) is 13.2. The van der Waals surface area contributed by atoms with Gasteiger partial charge >= 0.3 is 0 Å². The maximum absolute atomic E-state index is 12.0. The molecule has 4 heterocycles. The molecule has 0 amide bonds. The molecule has 27 heavy (non-hydrogen) atoms. The highest BCUT2D eigenvalue weighted by molar-refractivity contribution is 6.33. The topological polar surface area (TPSA) is 71.8 Å². The van der Waals surface area contributed by atoms with Crippen LogP contribution in [-0.2, 0) is 5.60 Å². The molecule has 0 spiro atoms. The molecule has 4 aromatic heterocycles. The molecule has 6 heteroatoms. The molecule has 1 aliphatic rings. The van der Waals surface area contributed by atoms with E-state index < -0.39 is 5.60 Å². The van der Waals surface area contributed by atoms with E-state index in [1.165, 1.54) is 0 Å². The van der Waals surface area contributed by atoms with Gasteiger partial charge in [0.15, 0.2) is 0 Å². The summed E-state index contributed by atoms with van der Waals surface area (Å²) in [6, 6.07) is 12.8. The summed E-state index contributed by atoms with van der Waals surface area (Å²) < 4.78 is 0. The standard InChI is InChI=1S/C21H13ClN4O/c22-17-12-23-11-7-13(17)18-14(4-1-8-24-18)21(27)15-5-2-9-25-19(15)20-16(21)6-3-10-26-20/h1-12,27H. The third-order valence-corrected chi connectivity index (χ3v) is 5.15. The second kappa shape index (κ2) is 5.94. The molecule has 4 aromatic rings. The highest BCUT2D eigenvalue weighted by Gasteiger charge is 2.46. The van der Waals surface area contributed by atoms with Crippen molar-refractivity contribution in [3.8, 4) is 22.6 Å². The number of rotatable bonds is 2. The third kappa shape index (κ3) is 2.22. The van der Waals surface area contributed by atoms with Crippen molar-refractivity contribution in [3.05, 3.63) is 95.2 Å². The summed E-state index contributed by atoms with van der Waals surface area (Å²) in [5.41, 5.74) is 3.20. The van der Waals surface area contributed by atoms with Crippen molar-refractivity contribution in [1.82, 2.24) is 19.9 Å². The molecule has 0 radical (unpaired) electrons. The lowest BCUT2D eigenvalue weighted by molar-refractivity contribution is 0.130. The second-order valence-corrected chi connectivity index (χ2v) is 6.67. The van der Waals surface area contributed by atoms with Crippen LogP contribution in [0.3, 0.4) is 0 Å². The minimum atomic E-state index is -1.43. The van der Waals surface area contributed by atoms with E-state index in [-0.39, 0.29) is 0 Å². The van der Waals surface area contributed by atoms with Crippen molar-refractivity contribution < 1.29 is 5.11 Å². The van der Waals surface area contributed by atoms with Gasteiger partial charge in [0.1, 0.15) is 5.60 Å². The van der Waals surface area contributed by atoms with Gasteiger partial charge < -0.3 is 5.11 Å². The van der Waals surface area contributed by atoms with Gasteiger partial charge in [-0.3, -0.25) is 19.9 Å². The predicted octanol–water partition coefficient (Wildman–Crippen LogP) is 3.85. The van der Waals surface area contributed by atoms with E-state index in [0.29, 0.717) is 44.4 Å². The number of aromatic nitrogens is 4. The lowest BCUT2D eigenvalue weighted by Crippen LogP contribution is -2.27. The number of halogens is 1. The molecule has 0 aliphatic heterocycles. The van der Waals surface area contributed by atoms with E-state index in [2.05, 4.69) is 19.9 Å². The molecule has 0 bridgehead atoms. The zero-order valence-corrected chi connectivity index (χ0v) is 14.8. The Balaban J connectivity index is 1.86. The van der Waals surface area contributed by atoms with Gasteiger partial charge in [0.2, 0.25) is 0 Å². The van der Waals surface area contributed by atoms with Gasteiger partial charge in [0, 0.05) is 53.2 Å². The Morgan fingerprint density at radius 3 is 1.78 bits per heavy atom. The van der Waals surface area contributed by atoms with Crippen molar-refractivity contribution in [3.63, 3.8) is 0 Å². The number of hydrogen-bond donors (Lipinski definition) is 1. The molecule has 0 aromatic carbocycles. The first kappa shape index (κ1) is 16.1. The predicted molar refractivity (Wildman–Crippen MR) is 102 cm³/mol. The van der Waals surface area contributed by atoms with Crippen LogP contribution in [0, 0.1) is 0 Å². The molecule has 0 unspecified atom stereocenters. The molecule has 5 rings (SSSR count). The maximum atomic E-state index is 12.0. The van der Waals surface area contributed by atoms with Gasteiger partial charge in [-0.1, -0.05) is 29.8 Å². The Labute approximate surface area is 160 Å². The SMILES string of the molecule is OC1(c2cccnc2-c2ccncc2Cl)c2cccnc2-c2ncccc21. The average Bonchev–Trinajstić information content (AvgIpc) is 2.99. The molecule has 5 nitrogen and oxygen atoms in total. The highest BCUT2D eigenvalue weighted by atomic mass is 35.5. The van der Waals surface area contributed by atoms with Crippen molar-refractivity contribution in [1.29, 1.82) is 0 Å². The summed E-state index contributed by atoms with van der Waals surface area (Å²) in [6.45, 7) is 0. The molecule has 0 atom stereocenters. The Bertz CT molecular complexity index is 1130. The largest absolute Gasteiger partial charge is 0.376 e. The Kier molecular flexibility index (Phi) is 3.53. The van der Waals surface area contributed by atoms with E-state index >= 15 is 0 Å². The fourth-order valence-electron chi connectivity index (χ4n) is 3.69. The average molecular weight is 373 g/mol. The van der Waals surface area contributed by atoms with Gasteiger partial charge in [-0.25, -0.2) is 0 Å². The molecule has 130 valence electrons. The fourth-order valence-corrected chi connectivity index (χ4v) is 3.90. The Morgan fingerprint density at radius 2 is 1.22 bits per heavy atom. The zero-order chi connectivity index (χ0) is 18.4. The van der Waals surface area contributed by atoms with Crippen molar-refractivity contribution in [2.24, 2.45) is 0 Å². The Hall–Kier alpha value is -3.15. The first-order valence-corrected chi connectivity index (χ1v) is 8.78. The fraction of sp³-hybridized carbons (Fsp3) is 0.0476. The summed E-state index contributed by atoms with van der Waals surface area (Å²) in [7, 11) is 0. The third-order valence-electron chi connectivity index (χ3n) is 4.84. The summed E-state index contributed by atoms with van der Waals surface area (Å²) in [5.74, 6) is 0. The first-order valence-electron chi connectivity index (χ1n) is 8.40. The number of nitrogens with zero attached hydrogens (tertiary/aromatic N) is 4. The summed E-state index contributed by atoms with van der Waals surface area (Å²) in [4.78, 5) is 17.5. The quantitative estimate of drug-likeness (QED) is 0.578. The van der Waals surface area contributed by atoms with Crippen LogP contribution in [0.25, 0.3) is 22.6 Å².